The quantitative estimate of drug-likeness (QED) is 0.873. The molecule has 0 spiro atoms. The highest BCUT2D eigenvalue weighted by molar-refractivity contribution is 5.97. The molecule has 5 heteroatoms. The third-order valence-corrected chi connectivity index (χ3v) is 4.25. The Morgan fingerprint density at radius 3 is 2.64 bits per heavy atom. The average molecular weight is 300 g/mol. The Morgan fingerprint density at radius 2 is 2.00 bits per heavy atom. The summed E-state index contributed by atoms with van der Waals surface area (Å²) < 4.78 is 7.15. The van der Waals surface area contributed by atoms with E-state index in [2.05, 4.69) is 0 Å². The zero-order valence-corrected chi connectivity index (χ0v) is 13.0. The molecule has 22 heavy (non-hydrogen) atoms. The smallest absolute Gasteiger partial charge is 0.259 e. The molecule has 0 atom stereocenters. The van der Waals surface area contributed by atoms with Crippen LogP contribution < -0.4 is 10.2 Å². The topological polar surface area (TPSA) is 51.5 Å². The van der Waals surface area contributed by atoms with Gasteiger partial charge in [-0.1, -0.05) is 0 Å². The number of aryl methyl sites for hydroxylation is 1. The van der Waals surface area contributed by atoms with Crippen molar-refractivity contribution in [2.45, 2.75) is 26.3 Å². The molecule has 1 saturated heterocycles. The molecule has 0 bridgehead atoms. The first-order valence-corrected chi connectivity index (χ1v) is 7.66. The van der Waals surface area contributed by atoms with E-state index in [1.807, 2.05) is 23.6 Å². The van der Waals surface area contributed by atoms with Gasteiger partial charge < -0.3 is 14.2 Å². The fraction of sp³-hybridized carbons (Fsp3) is 0.412. The lowest BCUT2D eigenvalue weighted by Gasteiger charge is -2.17. The molecule has 0 saturated carbocycles. The van der Waals surface area contributed by atoms with E-state index in [4.69, 9.17) is 4.74 Å². The van der Waals surface area contributed by atoms with E-state index in [9.17, 15) is 9.59 Å². The number of fused-ring (bicyclic) bond motifs is 1. The maximum absolute atomic E-state index is 12.7. The van der Waals surface area contributed by atoms with Crippen LogP contribution in [0.2, 0.25) is 0 Å². The number of methoxy groups -OCH3 is 1. The molecule has 0 radical (unpaired) electrons. The second kappa shape index (κ2) is 5.83. The maximum atomic E-state index is 12.7. The molecule has 1 aliphatic heterocycles. The molecule has 2 heterocycles. The average Bonchev–Trinajstić information content (AvgIpc) is 3.09. The standard InChI is InChI=1S/C17H20N2O3/c1-3-18-11-14(17(21)19-8-4-5-9-19)16(20)13-10-12(22-2)6-7-15(13)18/h6-7,10-11H,3-5,8-9H2,1-2H3. The van der Waals surface area contributed by atoms with Gasteiger partial charge >= 0.3 is 0 Å². The highest BCUT2D eigenvalue weighted by Gasteiger charge is 2.23. The van der Waals surface area contributed by atoms with Crippen LogP contribution in [0.3, 0.4) is 0 Å². The Balaban J connectivity index is 2.20. The first-order chi connectivity index (χ1) is 10.7. The van der Waals surface area contributed by atoms with Crippen LogP contribution in [0.1, 0.15) is 30.1 Å². The summed E-state index contributed by atoms with van der Waals surface area (Å²) in [6, 6.07) is 5.41. The molecule has 0 N–H and O–H groups in total. The van der Waals surface area contributed by atoms with Crippen LogP contribution >= 0.6 is 0 Å². The zero-order chi connectivity index (χ0) is 15.7. The summed E-state index contributed by atoms with van der Waals surface area (Å²) in [5.41, 5.74) is 0.867. The van der Waals surface area contributed by atoms with Crippen molar-refractivity contribution in [3.8, 4) is 5.75 Å². The third-order valence-electron chi connectivity index (χ3n) is 4.25. The predicted molar refractivity (Wildman–Crippen MR) is 85.6 cm³/mol. The van der Waals surface area contributed by atoms with Crippen molar-refractivity contribution in [3.63, 3.8) is 0 Å². The van der Waals surface area contributed by atoms with Crippen LogP contribution in [0.25, 0.3) is 10.9 Å². The number of pyridine rings is 1. The van der Waals surface area contributed by atoms with E-state index in [-0.39, 0.29) is 16.9 Å². The fourth-order valence-electron chi connectivity index (χ4n) is 3.01. The van der Waals surface area contributed by atoms with Gasteiger partial charge in [-0.25, -0.2) is 0 Å². The van der Waals surface area contributed by atoms with Gasteiger partial charge in [0.1, 0.15) is 11.3 Å². The van der Waals surface area contributed by atoms with E-state index < -0.39 is 0 Å². The summed E-state index contributed by atoms with van der Waals surface area (Å²) in [4.78, 5) is 27.1. The second-order valence-corrected chi connectivity index (χ2v) is 5.54. The van der Waals surface area contributed by atoms with Crippen molar-refractivity contribution in [1.82, 2.24) is 9.47 Å². The lowest BCUT2D eigenvalue weighted by molar-refractivity contribution is 0.0791. The highest BCUT2D eigenvalue weighted by atomic mass is 16.5. The van der Waals surface area contributed by atoms with Gasteiger partial charge in [-0.05, 0) is 38.0 Å². The van der Waals surface area contributed by atoms with Crippen molar-refractivity contribution in [3.05, 3.63) is 40.2 Å². The number of carbonyl (C=O) groups excluding carboxylic acids is 1. The highest BCUT2D eigenvalue weighted by Crippen LogP contribution is 2.20. The number of ether oxygens (including phenoxy) is 1. The molecular formula is C17H20N2O3. The Bertz CT molecular complexity index is 773. The van der Waals surface area contributed by atoms with E-state index in [1.165, 1.54) is 0 Å². The largest absolute Gasteiger partial charge is 0.497 e. The Kier molecular flexibility index (Phi) is 3.88. The first kappa shape index (κ1) is 14.6. The lowest BCUT2D eigenvalue weighted by Crippen LogP contribution is -2.32. The van der Waals surface area contributed by atoms with Crippen molar-refractivity contribution in [1.29, 1.82) is 0 Å². The lowest BCUT2D eigenvalue weighted by atomic mass is 10.1. The van der Waals surface area contributed by atoms with Crippen LogP contribution in [0.4, 0.5) is 0 Å². The first-order valence-electron chi connectivity index (χ1n) is 7.66. The van der Waals surface area contributed by atoms with Gasteiger partial charge in [0.2, 0.25) is 5.43 Å². The number of hydrogen-bond donors (Lipinski definition) is 0. The second-order valence-electron chi connectivity index (χ2n) is 5.54. The number of likely N-dealkylation sites (tertiary alicyclic amines) is 1. The zero-order valence-electron chi connectivity index (χ0n) is 13.0. The summed E-state index contributed by atoms with van der Waals surface area (Å²) in [6.45, 7) is 4.17. The molecule has 5 nitrogen and oxygen atoms in total. The number of aromatic nitrogens is 1. The molecule has 2 aromatic rings. The number of carbonyl (C=O) groups is 1. The van der Waals surface area contributed by atoms with Gasteiger partial charge in [0.25, 0.3) is 5.91 Å². The third kappa shape index (κ3) is 2.36. The number of hydrogen-bond acceptors (Lipinski definition) is 3. The summed E-state index contributed by atoms with van der Waals surface area (Å²) in [5, 5.41) is 0.534. The molecule has 1 fully saturated rings. The Hall–Kier alpha value is -2.30. The predicted octanol–water partition coefficient (Wildman–Crippen LogP) is 2.27. The summed E-state index contributed by atoms with van der Waals surface area (Å²) in [6.07, 6.45) is 3.71. The van der Waals surface area contributed by atoms with Gasteiger partial charge in [-0.15, -0.1) is 0 Å². The molecule has 0 aliphatic carbocycles. The van der Waals surface area contributed by atoms with Crippen molar-refractivity contribution >= 4 is 16.8 Å². The SMILES string of the molecule is CCn1cc(C(=O)N2CCCC2)c(=O)c2cc(OC)ccc21. The van der Waals surface area contributed by atoms with Gasteiger partial charge in [-0.2, -0.15) is 0 Å². The van der Waals surface area contributed by atoms with E-state index in [1.54, 1.807) is 24.3 Å². The van der Waals surface area contributed by atoms with Gasteiger partial charge in [0, 0.05) is 25.8 Å². The molecule has 1 aliphatic rings. The van der Waals surface area contributed by atoms with Crippen LogP contribution in [-0.4, -0.2) is 35.6 Å². The summed E-state index contributed by atoms with van der Waals surface area (Å²) in [7, 11) is 1.57. The molecular weight excluding hydrogens is 280 g/mol. The molecule has 116 valence electrons. The normalized spacial score (nSPS) is 14.5. The number of benzene rings is 1. The molecule has 1 aromatic carbocycles. The minimum Gasteiger partial charge on any atom is -0.497 e. The van der Waals surface area contributed by atoms with Crippen LogP contribution in [0, 0.1) is 0 Å². The number of rotatable bonds is 3. The molecule has 1 aromatic heterocycles. The Morgan fingerprint density at radius 1 is 1.27 bits per heavy atom. The van der Waals surface area contributed by atoms with E-state index >= 15 is 0 Å². The Labute approximate surface area is 129 Å². The van der Waals surface area contributed by atoms with Crippen LogP contribution in [-0.2, 0) is 6.54 Å². The maximum Gasteiger partial charge on any atom is 0.259 e. The van der Waals surface area contributed by atoms with Crippen molar-refractivity contribution in [2.75, 3.05) is 20.2 Å². The minimum atomic E-state index is -0.212. The number of nitrogens with zero attached hydrogens (tertiary/aromatic N) is 2. The van der Waals surface area contributed by atoms with Gasteiger partial charge in [0.05, 0.1) is 18.0 Å². The molecule has 0 unspecified atom stereocenters. The van der Waals surface area contributed by atoms with E-state index in [0.29, 0.717) is 17.7 Å². The molecule has 1 amide bonds. The summed E-state index contributed by atoms with van der Waals surface area (Å²) >= 11 is 0. The van der Waals surface area contributed by atoms with Crippen LogP contribution in [0.15, 0.2) is 29.2 Å². The fourth-order valence-corrected chi connectivity index (χ4v) is 3.01. The summed E-state index contributed by atoms with van der Waals surface area (Å²) in [5.74, 6) is 0.465. The number of amides is 1. The van der Waals surface area contributed by atoms with Crippen molar-refractivity contribution in [2.24, 2.45) is 0 Å². The van der Waals surface area contributed by atoms with Crippen LogP contribution in [0.5, 0.6) is 5.75 Å². The van der Waals surface area contributed by atoms with Gasteiger partial charge in [0.15, 0.2) is 0 Å². The minimum absolute atomic E-state index is 0.158. The molecule has 3 rings (SSSR count). The monoisotopic (exact) mass is 300 g/mol. The van der Waals surface area contributed by atoms with E-state index in [0.717, 1.165) is 31.4 Å². The van der Waals surface area contributed by atoms with Gasteiger partial charge in [-0.3, -0.25) is 9.59 Å². The van der Waals surface area contributed by atoms with Crippen molar-refractivity contribution < 1.29 is 9.53 Å².